The largest absolute Gasteiger partial charge is 0.489 e. The van der Waals surface area contributed by atoms with Gasteiger partial charge in [0.1, 0.15) is 12.4 Å². The summed E-state index contributed by atoms with van der Waals surface area (Å²) >= 11 is 13.4. The highest BCUT2D eigenvalue weighted by Gasteiger charge is 2.34. The molecular formula is C31H25Cl2N3O6S. The average Bonchev–Trinajstić information content (AvgIpc) is 3.26. The lowest BCUT2D eigenvalue weighted by Gasteiger charge is -2.24. The number of nitro groups is 1. The Morgan fingerprint density at radius 3 is 2.65 bits per heavy atom. The molecule has 0 radical (unpaired) electrons. The Balaban J connectivity index is 1.57. The first-order valence-electron chi connectivity index (χ1n) is 13.2. The van der Waals surface area contributed by atoms with Crippen LogP contribution in [0.5, 0.6) is 5.75 Å². The highest BCUT2D eigenvalue weighted by molar-refractivity contribution is 7.07. The fourth-order valence-corrected chi connectivity index (χ4v) is 6.26. The van der Waals surface area contributed by atoms with Gasteiger partial charge in [-0.3, -0.25) is 19.5 Å². The summed E-state index contributed by atoms with van der Waals surface area (Å²) in [4.78, 5) is 43.2. The van der Waals surface area contributed by atoms with Gasteiger partial charge in [-0.15, -0.1) is 0 Å². The number of aryl methyl sites for hydroxylation is 1. The van der Waals surface area contributed by atoms with Gasteiger partial charge in [-0.05, 0) is 62.2 Å². The van der Waals surface area contributed by atoms with Crippen LogP contribution in [-0.4, -0.2) is 22.1 Å². The van der Waals surface area contributed by atoms with Crippen LogP contribution < -0.4 is 19.6 Å². The van der Waals surface area contributed by atoms with Gasteiger partial charge in [0, 0.05) is 27.2 Å². The van der Waals surface area contributed by atoms with Gasteiger partial charge < -0.3 is 9.47 Å². The minimum Gasteiger partial charge on any atom is -0.489 e. The fourth-order valence-electron chi connectivity index (χ4n) is 4.75. The van der Waals surface area contributed by atoms with Gasteiger partial charge >= 0.3 is 5.97 Å². The van der Waals surface area contributed by atoms with E-state index in [4.69, 9.17) is 32.7 Å². The van der Waals surface area contributed by atoms with Gasteiger partial charge in [0.05, 0.1) is 33.4 Å². The predicted octanol–water partition coefficient (Wildman–Crippen LogP) is 5.90. The molecule has 1 aromatic heterocycles. The Bertz CT molecular complexity index is 1980. The van der Waals surface area contributed by atoms with Gasteiger partial charge in [0.2, 0.25) is 0 Å². The van der Waals surface area contributed by atoms with Crippen LogP contribution in [-0.2, 0) is 16.1 Å². The lowest BCUT2D eigenvalue weighted by atomic mass is 9.94. The van der Waals surface area contributed by atoms with Crippen molar-refractivity contribution in [3.63, 3.8) is 0 Å². The molecule has 12 heteroatoms. The monoisotopic (exact) mass is 637 g/mol. The van der Waals surface area contributed by atoms with E-state index in [0.717, 1.165) is 16.9 Å². The standard InChI is InChI=1S/C31H25Cl2N3O6S/c1-4-41-30(38)27-18(3)34-31-35(28(27)20-9-8-17(2)25(14-20)36(39)40)29(37)26(43-31)13-19-6-5-7-23(12-19)42-16-21-10-11-22(32)15-24(21)33/h5-15,28H,4,16H2,1-3H3/b26-13+/t28-/m0/s1. The van der Waals surface area contributed by atoms with E-state index >= 15 is 0 Å². The van der Waals surface area contributed by atoms with Crippen LogP contribution in [0, 0.1) is 17.0 Å². The van der Waals surface area contributed by atoms with Gasteiger partial charge in [-0.1, -0.05) is 64.9 Å². The molecule has 0 saturated heterocycles. The Morgan fingerprint density at radius 1 is 1.14 bits per heavy atom. The van der Waals surface area contributed by atoms with Crippen molar-refractivity contribution < 1.29 is 19.2 Å². The average molecular weight is 639 g/mol. The normalized spacial score (nSPS) is 14.7. The summed E-state index contributed by atoms with van der Waals surface area (Å²) in [5.74, 6) is -0.0743. The minimum absolute atomic E-state index is 0.115. The third-order valence-electron chi connectivity index (χ3n) is 6.83. The van der Waals surface area contributed by atoms with Crippen molar-refractivity contribution in [1.82, 2.24) is 4.57 Å². The minimum atomic E-state index is -0.962. The number of allylic oxidation sites excluding steroid dienone is 1. The molecule has 0 aliphatic carbocycles. The van der Waals surface area contributed by atoms with E-state index in [0.29, 0.717) is 47.5 Å². The van der Waals surface area contributed by atoms with Crippen molar-refractivity contribution in [1.29, 1.82) is 0 Å². The number of ether oxygens (including phenoxy) is 2. The number of aromatic nitrogens is 1. The number of esters is 1. The summed E-state index contributed by atoms with van der Waals surface area (Å²) in [6.45, 7) is 5.30. The first-order chi connectivity index (χ1) is 20.6. The first kappa shape index (κ1) is 30.2. The molecule has 43 heavy (non-hydrogen) atoms. The molecule has 1 aliphatic rings. The van der Waals surface area contributed by atoms with Crippen molar-refractivity contribution in [2.24, 2.45) is 4.99 Å². The molecule has 0 unspecified atom stereocenters. The van der Waals surface area contributed by atoms with Crippen molar-refractivity contribution in [3.8, 4) is 5.75 Å². The molecule has 220 valence electrons. The Morgan fingerprint density at radius 2 is 1.93 bits per heavy atom. The predicted molar refractivity (Wildman–Crippen MR) is 165 cm³/mol. The molecule has 0 spiro atoms. The summed E-state index contributed by atoms with van der Waals surface area (Å²) in [7, 11) is 0. The zero-order chi connectivity index (χ0) is 30.8. The van der Waals surface area contributed by atoms with Crippen molar-refractivity contribution in [3.05, 3.63) is 134 Å². The van der Waals surface area contributed by atoms with E-state index in [2.05, 4.69) is 4.99 Å². The highest BCUT2D eigenvalue weighted by atomic mass is 35.5. The van der Waals surface area contributed by atoms with Crippen LogP contribution in [0.3, 0.4) is 0 Å². The van der Waals surface area contributed by atoms with Gasteiger partial charge in [-0.2, -0.15) is 0 Å². The number of carbonyl (C=O) groups is 1. The molecule has 0 N–H and O–H groups in total. The number of thiazole rings is 1. The van der Waals surface area contributed by atoms with Crippen LogP contribution in [0.1, 0.15) is 42.1 Å². The number of fused-ring (bicyclic) bond motifs is 1. The zero-order valence-corrected chi connectivity index (χ0v) is 25.6. The van der Waals surface area contributed by atoms with Crippen LogP contribution >= 0.6 is 34.5 Å². The van der Waals surface area contributed by atoms with Crippen LogP contribution in [0.15, 0.2) is 81.7 Å². The van der Waals surface area contributed by atoms with E-state index in [9.17, 15) is 19.7 Å². The lowest BCUT2D eigenvalue weighted by molar-refractivity contribution is -0.385. The second-order valence-corrected chi connectivity index (χ2v) is 11.6. The summed E-state index contributed by atoms with van der Waals surface area (Å²) < 4.78 is 13.0. The lowest BCUT2D eigenvalue weighted by Crippen LogP contribution is -2.40. The molecule has 0 bridgehead atoms. The van der Waals surface area contributed by atoms with Crippen molar-refractivity contribution in [2.75, 3.05) is 6.61 Å². The van der Waals surface area contributed by atoms with Gasteiger partial charge in [0.25, 0.3) is 11.2 Å². The summed E-state index contributed by atoms with van der Waals surface area (Å²) in [5.41, 5.74) is 2.34. The molecule has 3 aromatic carbocycles. The molecule has 2 heterocycles. The second kappa shape index (κ2) is 12.5. The number of carbonyl (C=O) groups excluding carboxylic acids is 1. The third-order valence-corrected chi connectivity index (χ3v) is 8.40. The third kappa shape index (κ3) is 6.27. The second-order valence-electron chi connectivity index (χ2n) is 9.70. The molecule has 0 amide bonds. The number of nitrogens with zero attached hydrogens (tertiary/aromatic N) is 3. The SMILES string of the molecule is CCOC(=O)C1=C(C)N=c2s/c(=C/c3cccc(OCc4ccc(Cl)cc4Cl)c3)c(=O)n2[C@H]1c1ccc(C)c([N+](=O)[O-])c1. The van der Waals surface area contributed by atoms with E-state index in [1.54, 1.807) is 75.4 Å². The van der Waals surface area contributed by atoms with E-state index in [-0.39, 0.29) is 24.5 Å². The first-order valence-corrected chi connectivity index (χ1v) is 14.8. The number of benzene rings is 3. The Hall–Kier alpha value is -4.25. The zero-order valence-electron chi connectivity index (χ0n) is 23.3. The molecule has 1 aliphatic heterocycles. The maximum Gasteiger partial charge on any atom is 0.338 e. The van der Waals surface area contributed by atoms with Gasteiger partial charge in [-0.25, -0.2) is 9.79 Å². The Labute approximate surface area is 260 Å². The number of rotatable bonds is 8. The summed E-state index contributed by atoms with van der Waals surface area (Å²) in [6, 6.07) is 16.1. The van der Waals surface area contributed by atoms with E-state index in [1.807, 2.05) is 6.07 Å². The van der Waals surface area contributed by atoms with E-state index in [1.165, 1.54) is 10.6 Å². The molecule has 4 aromatic rings. The molecule has 0 fully saturated rings. The molecule has 9 nitrogen and oxygen atoms in total. The summed E-state index contributed by atoms with van der Waals surface area (Å²) in [5, 5.41) is 12.8. The summed E-state index contributed by atoms with van der Waals surface area (Å²) in [6.07, 6.45) is 1.71. The number of hydrogen-bond acceptors (Lipinski definition) is 8. The highest BCUT2D eigenvalue weighted by Crippen LogP contribution is 2.33. The quantitative estimate of drug-likeness (QED) is 0.135. The number of halogens is 2. The van der Waals surface area contributed by atoms with E-state index < -0.39 is 22.5 Å². The van der Waals surface area contributed by atoms with Crippen LogP contribution in [0.4, 0.5) is 5.69 Å². The maximum atomic E-state index is 13.9. The van der Waals surface area contributed by atoms with Crippen LogP contribution in [0.25, 0.3) is 6.08 Å². The fraction of sp³-hybridized carbons (Fsp3) is 0.194. The number of hydrogen-bond donors (Lipinski definition) is 0. The Kier molecular flexibility index (Phi) is 8.82. The smallest absolute Gasteiger partial charge is 0.338 e. The molecular weight excluding hydrogens is 613 g/mol. The van der Waals surface area contributed by atoms with Crippen LogP contribution in [0.2, 0.25) is 10.0 Å². The van der Waals surface area contributed by atoms with Crippen molar-refractivity contribution in [2.45, 2.75) is 33.4 Å². The number of nitro benzene ring substituents is 1. The molecule has 1 atom stereocenters. The molecule has 0 saturated carbocycles. The topological polar surface area (TPSA) is 113 Å². The van der Waals surface area contributed by atoms with Crippen molar-refractivity contribution >= 4 is 52.3 Å². The van der Waals surface area contributed by atoms with Gasteiger partial charge in [0.15, 0.2) is 4.80 Å². The molecule has 5 rings (SSSR count). The maximum absolute atomic E-state index is 13.9.